The van der Waals surface area contributed by atoms with E-state index in [9.17, 15) is 8.78 Å². The Morgan fingerprint density at radius 1 is 1.44 bits per heavy atom. The van der Waals surface area contributed by atoms with E-state index in [0.29, 0.717) is 12.5 Å². The number of ether oxygens (including phenoxy) is 1. The third-order valence-electron chi connectivity index (χ3n) is 2.92. The highest BCUT2D eigenvalue weighted by molar-refractivity contribution is 5.32. The summed E-state index contributed by atoms with van der Waals surface area (Å²) in [5.41, 5.74) is 0.773. The lowest BCUT2D eigenvalue weighted by Gasteiger charge is -2.11. The third-order valence-corrected chi connectivity index (χ3v) is 2.92. The smallest absolute Gasteiger partial charge is 0.200 e. The van der Waals surface area contributed by atoms with E-state index >= 15 is 0 Å². The van der Waals surface area contributed by atoms with Gasteiger partial charge in [-0.05, 0) is 43.5 Å². The van der Waals surface area contributed by atoms with E-state index in [4.69, 9.17) is 4.74 Å². The van der Waals surface area contributed by atoms with E-state index in [2.05, 4.69) is 5.32 Å². The van der Waals surface area contributed by atoms with Crippen LogP contribution in [0.4, 0.5) is 8.78 Å². The largest absolute Gasteiger partial charge is 0.494 e. The summed E-state index contributed by atoms with van der Waals surface area (Å²) in [5, 5.41) is 3.32. The van der Waals surface area contributed by atoms with Gasteiger partial charge in [-0.15, -0.1) is 0 Å². The number of methoxy groups -OCH3 is 1. The van der Waals surface area contributed by atoms with Crippen LogP contribution >= 0.6 is 0 Å². The van der Waals surface area contributed by atoms with Crippen molar-refractivity contribution in [3.05, 3.63) is 29.3 Å². The lowest BCUT2D eigenvalue weighted by molar-refractivity contribution is 0.370. The molecule has 2 nitrogen and oxygen atoms in total. The number of benzene rings is 1. The molecular formula is C12H15F2NO. The van der Waals surface area contributed by atoms with Crippen molar-refractivity contribution in [2.24, 2.45) is 0 Å². The zero-order valence-electron chi connectivity index (χ0n) is 9.22. The molecule has 0 radical (unpaired) electrons. The molecule has 1 unspecified atom stereocenters. The van der Waals surface area contributed by atoms with Crippen molar-refractivity contribution in [3.8, 4) is 5.75 Å². The normalized spacial score (nSPS) is 20.1. The quantitative estimate of drug-likeness (QED) is 0.855. The molecular weight excluding hydrogens is 212 g/mol. The first kappa shape index (κ1) is 11.3. The van der Waals surface area contributed by atoms with Crippen LogP contribution in [0.2, 0.25) is 0 Å². The number of hydrogen-bond donors (Lipinski definition) is 1. The Morgan fingerprint density at radius 2 is 2.25 bits per heavy atom. The molecule has 0 saturated carbocycles. The highest BCUT2D eigenvalue weighted by Gasteiger charge is 2.17. The molecule has 1 aliphatic heterocycles. The van der Waals surface area contributed by atoms with Gasteiger partial charge in [0.25, 0.3) is 0 Å². The Hall–Kier alpha value is -1.16. The fraction of sp³-hybridized carbons (Fsp3) is 0.500. The number of nitrogens with one attached hydrogen (secondary N) is 1. The van der Waals surface area contributed by atoms with Gasteiger partial charge in [0.1, 0.15) is 0 Å². The van der Waals surface area contributed by atoms with Crippen molar-refractivity contribution in [2.45, 2.75) is 25.3 Å². The van der Waals surface area contributed by atoms with E-state index in [-0.39, 0.29) is 5.75 Å². The van der Waals surface area contributed by atoms with Gasteiger partial charge in [0.05, 0.1) is 7.11 Å². The average Bonchev–Trinajstić information content (AvgIpc) is 2.76. The van der Waals surface area contributed by atoms with Crippen LogP contribution < -0.4 is 10.1 Å². The van der Waals surface area contributed by atoms with Crippen LogP contribution in [-0.4, -0.2) is 19.7 Å². The predicted octanol–water partition coefficient (Wildman–Crippen LogP) is 2.27. The second-order valence-electron chi connectivity index (χ2n) is 4.09. The van der Waals surface area contributed by atoms with Crippen LogP contribution in [0.5, 0.6) is 5.75 Å². The van der Waals surface area contributed by atoms with Crippen molar-refractivity contribution in [1.82, 2.24) is 5.32 Å². The first-order valence-electron chi connectivity index (χ1n) is 5.46. The van der Waals surface area contributed by atoms with Gasteiger partial charge in [0.15, 0.2) is 11.6 Å². The predicted molar refractivity (Wildman–Crippen MR) is 57.6 cm³/mol. The van der Waals surface area contributed by atoms with E-state index < -0.39 is 11.6 Å². The first-order chi connectivity index (χ1) is 7.70. The van der Waals surface area contributed by atoms with Gasteiger partial charge >= 0.3 is 0 Å². The van der Waals surface area contributed by atoms with E-state index in [1.54, 1.807) is 6.07 Å². The Labute approximate surface area is 93.6 Å². The minimum absolute atomic E-state index is 0.0204. The molecule has 1 aliphatic rings. The zero-order chi connectivity index (χ0) is 11.5. The molecule has 1 atom stereocenters. The van der Waals surface area contributed by atoms with Crippen molar-refractivity contribution in [1.29, 1.82) is 0 Å². The number of halogens is 2. The molecule has 0 aliphatic carbocycles. The molecule has 2 rings (SSSR count). The monoisotopic (exact) mass is 227 g/mol. The lowest BCUT2D eigenvalue weighted by Crippen LogP contribution is -2.23. The van der Waals surface area contributed by atoms with Crippen LogP contribution in [0.1, 0.15) is 18.4 Å². The van der Waals surface area contributed by atoms with Crippen molar-refractivity contribution in [3.63, 3.8) is 0 Å². The summed E-state index contributed by atoms with van der Waals surface area (Å²) in [7, 11) is 1.34. The van der Waals surface area contributed by atoms with Crippen molar-refractivity contribution in [2.75, 3.05) is 13.7 Å². The minimum atomic E-state index is -0.911. The van der Waals surface area contributed by atoms with Crippen LogP contribution in [0.25, 0.3) is 0 Å². The Balaban J connectivity index is 2.17. The average molecular weight is 227 g/mol. The summed E-state index contributed by atoms with van der Waals surface area (Å²) in [6, 6.07) is 3.19. The summed E-state index contributed by atoms with van der Waals surface area (Å²) in [6.07, 6.45) is 2.94. The molecule has 0 spiro atoms. The molecule has 88 valence electrons. The van der Waals surface area contributed by atoms with Gasteiger partial charge in [-0.3, -0.25) is 0 Å². The third kappa shape index (κ3) is 2.32. The van der Waals surface area contributed by atoms with Crippen LogP contribution in [0.3, 0.4) is 0 Å². The van der Waals surface area contributed by atoms with Crippen LogP contribution in [0.15, 0.2) is 12.1 Å². The standard InChI is InChI=1S/C12H15F2NO/c1-16-11-7-8(6-10(13)12(11)14)5-9-3-2-4-15-9/h6-7,9,15H,2-5H2,1H3. The highest BCUT2D eigenvalue weighted by Crippen LogP contribution is 2.23. The second kappa shape index (κ2) is 4.78. The maximum absolute atomic E-state index is 13.2. The SMILES string of the molecule is COc1cc(CC2CCCN2)cc(F)c1F. The maximum Gasteiger partial charge on any atom is 0.200 e. The van der Waals surface area contributed by atoms with E-state index in [1.165, 1.54) is 13.2 Å². The minimum Gasteiger partial charge on any atom is -0.494 e. The lowest BCUT2D eigenvalue weighted by atomic mass is 10.0. The first-order valence-corrected chi connectivity index (χ1v) is 5.46. The fourth-order valence-corrected chi connectivity index (χ4v) is 2.10. The molecule has 16 heavy (non-hydrogen) atoms. The maximum atomic E-state index is 13.2. The van der Waals surface area contributed by atoms with Crippen LogP contribution in [0, 0.1) is 11.6 Å². The fourth-order valence-electron chi connectivity index (χ4n) is 2.10. The Morgan fingerprint density at radius 3 is 2.88 bits per heavy atom. The molecule has 1 N–H and O–H groups in total. The molecule has 0 amide bonds. The second-order valence-corrected chi connectivity index (χ2v) is 4.09. The number of hydrogen-bond acceptors (Lipinski definition) is 2. The molecule has 1 aromatic carbocycles. The molecule has 4 heteroatoms. The summed E-state index contributed by atoms with van der Waals surface area (Å²) >= 11 is 0. The summed E-state index contributed by atoms with van der Waals surface area (Å²) < 4.78 is 31.2. The number of rotatable bonds is 3. The van der Waals surface area contributed by atoms with E-state index in [1.807, 2.05) is 0 Å². The topological polar surface area (TPSA) is 21.3 Å². The molecule has 1 saturated heterocycles. The van der Waals surface area contributed by atoms with Crippen molar-refractivity contribution < 1.29 is 13.5 Å². The molecule has 1 fully saturated rings. The van der Waals surface area contributed by atoms with Crippen LogP contribution in [-0.2, 0) is 6.42 Å². The zero-order valence-corrected chi connectivity index (χ0v) is 9.22. The molecule has 1 aromatic rings. The summed E-state index contributed by atoms with van der Waals surface area (Å²) in [4.78, 5) is 0. The van der Waals surface area contributed by atoms with E-state index in [0.717, 1.165) is 24.9 Å². The molecule has 1 heterocycles. The van der Waals surface area contributed by atoms with Gasteiger partial charge in [0, 0.05) is 6.04 Å². The Bertz CT molecular complexity index is 376. The summed E-state index contributed by atoms with van der Waals surface area (Å²) in [6.45, 7) is 1.01. The van der Waals surface area contributed by atoms with Gasteiger partial charge in [-0.2, -0.15) is 4.39 Å². The summed E-state index contributed by atoms with van der Waals surface area (Å²) in [5.74, 6) is -1.77. The van der Waals surface area contributed by atoms with Gasteiger partial charge in [-0.1, -0.05) is 0 Å². The Kier molecular flexibility index (Phi) is 3.39. The van der Waals surface area contributed by atoms with Gasteiger partial charge in [0.2, 0.25) is 5.82 Å². The van der Waals surface area contributed by atoms with Gasteiger partial charge < -0.3 is 10.1 Å². The van der Waals surface area contributed by atoms with Crippen molar-refractivity contribution >= 4 is 0 Å². The molecule has 0 bridgehead atoms. The highest BCUT2D eigenvalue weighted by atomic mass is 19.2. The molecule has 0 aromatic heterocycles. The van der Waals surface area contributed by atoms with Gasteiger partial charge in [-0.25, -0.2) is 4.39 Å².